The summed E-state index contributed by atoms with van der Waals surface area (Å²) in [6.45, 7) is 1.07. The van der Waals surface area contributed by atoms with Crippen molar-refractivity contribution in [3.63, 3.8) is 0 Å². The molecule has 5 amide bonds. The van der Waals surface area contributed by atoms with Crippen molar-refractivity contribution in [1.82, 2.24) is 10.2 Å². The van der Waals surface area contributed by atoms with Gasteiger partial charge in [0.25, 0.3) is 0 Å². The molecule has 1 aliphatic carbocycles. The van der Waals surface area contributed by atoms with E-state index in [2.05, 4.69) is 21.3 Å². The van der Waals surface area contributed by atoms with E-state index in [-0.39, 0.29) is 23.9 Å². The maximum absolute atomic E-state index is 12.7. The Bertz CT molecular complexity index is 958. The molecule has 0 spiro atoms. The minimum absolute atomic E-state index is 0.0728. The third kappa shape index (κ3) is 6.47. The first-order valence-corrected chi connectivity index (χ1v) is 11.7. The Morgan fingerprint density at radius 2 is 1.33 bits per heavy atom. The molecule has 174 valence electrons. The summed E-state index contributed by atoms with van der Waals surface area (Å²) in [4.78, 5) is 39.2. The van der Waals surface area contributed by atoms with Crippen molar-refractivity contribution in [1.29, 1.82) is 0 Å². The molecule has 1 aliphatic heterocycles. The number of amides is 5. The average Bonchev–Trinajstić information content (AvgIpc) is 3.34. The van der Waals surface area contributed by atoms with Crippen molar-refractivity contribution in [2.75, 3.05) is 29.0 Å². The molecule has 2 aromatic rings. The zero-order valence-electron chi connectivity index (χ0n) is 18.7. The summed E-state index contributed by atoms with van der Waals surface area (Å²) in [5, 5.41) is 11.6. The molecule has 2 aliphatic rings. The number of nitrogens with one attached hydrogen (secondary N) is 4. The van der Waals surface area contributed by atoms with E-state index >= 15 is 0 Å². The van der Waals surface area contributed by atoms with E-state index in [4.69, 9.17) is 0 Å². The highest BCUT2D eigenvalue weighted by Gasteiger charge is 2.30. The van der Waals surface area contributed by atoms with Crippen LogP contribution in [-0.4, -0.2) is 42.0 Å². The van der Waals surface area contributed by atoms with Gasteiger partial charge in [0.2, 0.25) is 5.91 Å². The number of hydrogen-bond acceptors (Lipinski definition) is 3. The molecule has 8 nitrogen and oxygen atoms in total. The topological polar surface area (TPSA) is 103 Å². The molecule has 1 heterocycles. The Morgan fingerprint density at radius 1 is 0.727 bits per heavy atom. The molecular weight excluding hydrogens is 418 g/mol. The number of para-hydroxylation sites is 1. The zero-order valence-corrected chi connectivity index (χ0v) is 18.7. The van der Waals surface area contributed by atoms with Gasteiger partial charge in [-0.15, -0.1) is 0 Å². The Kier molecular flexibility index (Phi) is 7.44. The second-order valence-corrected chi connectivity index (χ2v) is 8.73. The van der Waals surface area contributed by atoms with E-state index < -0.39 is 0 Å². The van der Waals surface area contributed by atoms with Crippen LogP contribution in [0.5, 0.6) is 0 Å². The van der Waals surface area contributed by atoms with Crippen LogP contribution in [0.4, 0.5) is 26.7 Å². The van der Waals surface area contributed by atoms with Crippen LogP contribution >= 0.6 is 0 Å². The maximum Gasteiger partial charge on any atom is 0.323 e. The summed E-state index contributed by atoms with van der Waals surface area (Å²) < 4.78 is 0. The molecule has 1 saturated carbocycles. The lowest BCUT2D eigenvalue weighted by Gasteiger charge is -2.32. The van der Waals surface area contributed by atoms with Crippen LogP contribution in [0.2, 0.25) is 0 Å². The van der Waals surface area contributed by atoms with Crippen LogP contribution < -0.4 is 21.3 Å². The molecule has 8 heteroatoms. The van der Waals surface area contributed by atoms with E-state index in [1.54, 1.807) is 29.2 Å². The van der Waals surface area contributed by atoms with Gasteiger partial charge >= 0.3 is 12.1 Å². The van der Waals surface area contributed by atoms with Gasteiger partial charge in [-0.3, -0.25) is 4.79 Å². The van der Waals surface area contributed by atoms with Gasteiger partial charge < -0.3 is 26.2 Å². The van der Waals surface area contributed by atoms with Crippen molar-refractivity contribution in [3.8, 4) is 0 Å². The number of benzene rings is 2. The molecule has 1 atom stereocenters. The van der Waals surface area contributed by atoms with Gasteiger partial charge in [0.15, 0.2) is 0 Å². The SMILES string of the molecule is O=C(Nc1ccccc1)Nc1ccc(NC(=O)N2CCC[C@@H](C(=O)NC3CCCC3)C2)cc1. The van der Waals surface area contributed by atoms with Gasteiger partial charge in [0, 0.05) is 36.2 Å². The lowest BCUT2D eigenvalue weighted by molar-refractivity contribution is -0.126. The number of hydrogen-bond donors (Lipinski definition) is 4. The van der Waals surface area contributed by atoms with Crippen LogP contribution in [0.1, 0.15) is 38.5 Å². The smallest absolute Gasteiger partial charge is 0.323 e. The second-order valence-electron chi connectivity index (χ2n) is 8.73. The molecule has 4 N–H and O–H groups in total. The van der Waals surface area contributed by atoms with Crippen molar-refractivity contribution >= 4 is 35.0 Å². The number of likely N-dealkylation sites (tertiary alicyclic amines) is 1. The summed E-state index contributed by atoms with van der Waals surface area (Å²) in [5.74, 6) is -0.0802. The van der Waals surface area contributed by atoms with Crippen LogP contribution in [0.3, 0.4) is 0 Å². The number of carbonyl (C=O) groups excluding carboxylic acids is 3. The molecule has 2 aromatic carbocycles. The Balaban J connectivity index is 1.25. The average molecular weight is 450 g/mol. The first-order valence-electron chi connectivity index (χ1n) is 11.7. The van der Waals surface area contributed by atoms with Crippen molar-refractivity contribution < 1.29 is 14.4 Å². The molecular formula is C25H31N5O3. The molecule has 33 heavy (non-hydrogen) atoms. The summed E-state index contributed by atoms with van der Waals surface area (Å²) in [5.41, 5.74) is 1.95. The fourth-order valence-electron chi connectivity index (χ4n) is 4.42. The quantitative estimate of drug-likeness (QED) is 0.535. The van der Waals surface area contributed by atoms with Crippen molar-refractivity contribution in [2.45, 2.75) is 44.6 Å². The lowest BCUT2D eigenvalue weighted by Crippen LogP contribution is -2.48. The van der Waals surface area contributed by atoms with Crippen LogP contribution in [-0.2, 0) is 4.79 Å². The zero-order chi connectivity index (χ0) is 23.0. The predicted octanol–water partition coefficient (Wildman–Crippen LogP) is 4.63. The minimum atomic E-state index is -0.340. The predicted molar refractivity (Wildman–Crippen MR) is 129 cm³/mol. The van der Waals surface area contributed by atoms with Gasteiger partial charge in [-0.1, -0.05) is 31.0 Å². The first kappa shape index (κ1) is 22.6. The minimum Gasteiger partial charge on any atom is -0.353 e. The lowest BCUT2D eigenvalue weighted by atomic mass is 9.97. The number of urea groups is 2. The van der Waals surface area contributed by atoms with Gasteiger partial charge in [0.1, 0.15) is 0 Å². The molecule has 2 fully saturated rings. The number of carbonyl (C=O) groups is 3. The number of rotatable bonds is 5. The third-order valence-corrected chi connectivity index (χ3v) is 6.21. The van der Waals surface area contributed by atoms with Gasteiger partial charge in [-0.05, 0) is 62.1 Å². The summed E-state index contributed by atoms with van der Waals surface area (Å²) in [6, 6.07) is 15.9. The van der Waals surface area contributed by atoms with E-state index in [0.29, 0.717) is 36.2 Å². The summed E-state index contributed by atoms with van der Waals surface area (Å²) in [6.07, 6.45) is 6.10. The van der Waals surface area contributed by atoms with E-state index in [1.807, 2.05) is 30.3 Å². The fraction of sp³-hybridized carbons (Fsp3) is 0.400. The Labute approximate surface area is 194 Å². The number of nitrogens with zero attached hydrogens (tertiary/aromatic N) is 1. The van der Waals surface area contributed by atoms with Crippen molar-refractivity contribution in [3.05, 3.63) is 54.6 Å². The molecule has 0 bridgehead atoms. The monoisotopic (exact) mass is 449 g/mol. The van der Waals surface area contributed by atoms with Crippen LogP contribution in [0, 0.1) is 5.92 Å². The Hall–Kier alpha value is -3.55. The van der Waals surface area contributed by atoms with Gasteiger partial charge in [-0.2, -0.15) is 0 Å². The van der Waals surface area contributed by atoms with E-state index in [0.717, 1.165) is 25.7 Å². The Morgan fingerprint density at radius 3 is 2.00 bits per heavy atom. The highest BCUT2D eigenvalue weighted by atomic mass is 16.2. The molecule has 0 radical (unpaired) electrons. The highest BCUT2D eigenvalue weighted by molar-refractivity contribution is 6.00. The molecule has 1 saturated heterocycles. The standard InChI is InChI=1S/C25H31N5O3/c31-23(26-19-10-4-5-11-19)18-7-6-16-30(17-18)25(33)29-22-14-12-21(13-15-22)28-24(32)27-20-8-2-1-3-9-20/h1-3,8-9,12-15,18-19H,4-7,10-11,16-17H2,(H,26,31)(H,29,33)(H2,27,28,32)/t18-/m1/s1. The first-order chi connectivity index (χ1) is 16.1. The summed E-state index contributed by atoms with van der Waals surface area (Å²) in [7, 11) is 0. The third-order valence-electron chi connectivity index (χ3n) is 6.21. The van der Waals surface area contributed by atoms with Crippen molar-refractivity contribution in [2.24, 2.45) is 5.92 Å². The molecule has 0 aromatic heterocycles. The number of piperidine rings is 1. The molecule has 0 unspecified atom stereocenters. The second kappa shape index (κ2) is 10.8. The highest BCUT2D eigenvalue weighted by Crippen LogP contribution is 2.22. The van der Waals surface area contributed by atoms with Crippen LogP contribution in [0.15, 0.2) is 54.6 Å². The van der Waals surface area contributed by atoms with Crippen LogP contribution in [0.25, 0.3) is 0 Å². The number of anilines is 3. The summed E-state index contributed by atoms with van der Waals surface area (Å²) >= 11 is 0. The largest absolute Gasteiger partial charge is 0.353 e. The van der Waals surface area contributed by atoms with E-state index in [9.17, 15) is 14.4 Å². The maximum atomic E-state index is 12.7. The fourth-order valence-corrected chi connectivity index (χ4v) is 4.42. The molecule has 4 rings (SSSR count). The van der Waals surface area contributed by atoms with E-state index in [1.165, 1.54) is 12.8 Å². The van der Waals surface area contributed by atoms with Gasteiger partial charge in [0.05, 0.1) is 5.92 Å². The van der Waals surface area contributed by atoms with Gasteiger partial charge in [-0.25, -0.2) is 9.59 Å². The normalized spacial score (nSPS) is 18.4.